The van der Waals surface area contributed by atoms with Crippen molar-refractivity contribution >= 4 is 23.1 Å². The van der Waals surface area contributed by atoms with Crippen LogP contribution in [0.1, 0.15) is 40.4 Å². The Morgan fingerprint density at radius 1 is 1.44 bits per heavy atom. The smallest absolute Gasteiger partial charge is 0.111 e. The maximum absolute atomic E-state index is 4.99. The van der Waals surface area contributed by atoms with Crippen LogP contribution in [0.5, 0.6) is 0 Å². The van der Waals surface area contributed by atoms with Crippen molar-refractivity contribution in [2.45, 2.75) is 31.3 Å². The molecule has 3 nitrogen and oxygen atoms in total. The predicted molar refractivity (Wildman–Crippen MR) is 79.5 cm³/mol. The van der Waals surface area contributed by atoms with Crippen molar-refractivity contribution in [3.8, 4) is 0 Å². The van der Waals surface area contributed by atoms with Gasteiger partial charge in [-0.05, 0) is 26.9 Å². The molecular formula is C13H21N3S2. The van der Waals surface area contributed by atoms with Crippen LogP contribution in [-0.4, -0.2) is 42.0 Å². The summed E-state index contributed by atoms with van der Waals surface area (Å²) >= 11 is 4.00. The van der Waals surface area contributed by atoms with Crippen molar-refractivity contribution in [3.05, 3.63) is 15.6 Å². The van der Waals surface area contributed by atoms with Crippen LogP contribution >= 0.6 is 23.1 Å². The quantitative estimate of drug-likeness (QED) is 0.919. The zero-order valence-electron chi connectivity index (χ0n) is 11.1. The van der Waals surface area contributed by atoms with Gasteiger partial charge < -0.3 is 5.32 Å². The highest BCUT2D eigenvalue weighted by molar-refractivity contribution is 7.99. The molecule has 5 heteroatoms. The zero-order valence-corrected chi connectivity index (χ0v) is 12.7. The third-order valence-electron chi connectivity index (χ3n) is 3.73. The van der Waals surface area contributed by atoms with Gasteiger partial charge in [-0.15, -0.1) is 11.3 Å². The van der Waals surface area contributed by atoms with E-state index < -0.39 is 0 Å². The second-order valence-corrected chi connectivity index (χ2v) is 7.50. The molecule has 1 saturated heterocycles. The molecule has 2 fully saturated rings. The van der Waals surface area contributed by atoms with Gasteiger partial charge in [-0.3, -0.25) is 4.90 Å². The summed E-state index contributed by atoms with van der Waals surface area (Å²) in [6.07, 6.45) is 2.68. The van der Waals surface area contributed by atoms with Gasteiger partial charge in [0.05, 0.1) is 11.7 Å². The molecule has 1 aromatic rings. The monoisotopic (exact) mass is 283 g/mol. The summed E-state index contributed by atoms with van der Waals surface area (Å²) in [5, 5.41) is 4.63. The van der Waals surface area contributed by atoms with Gasteiger partial charge in [0.2, 0.25) is 0 Å². The highest BCUT2D eigenvalue weighted by Gasteiger charge is 2.32. The Kier molecular flexibility index (Phi) is 3.94. The molecule has 3 rings (SSSR count). The van der Waals surface area contributed by atoms with Gasteiger partial charge in [0.1, 0.15) is 5.01 Å². The molecule has 1 unspecified atom stereocenters. The SMILES string of the molecule is CNCc1sc(C2CSCCN2C)nc1C1CC1. The molecule has 1 aliphatic heterocycles. The molecule has 0 amide bonds. The van der Waals surface area contributed by atoms with Gasteiger partial charge in [-0.2, -0.15) is 11.8 Å². The van der Waals surface area contributed by atoms with E-state index in [9.17, 15) is 0 Å². The number of thiazole rings is 1. The maximum Gasteiger partial charge on any atom is 0.111 e. The van der Waals surface area contributed by atoms with Crippen molar-refractivity contribution in [2.75, 3.05) is 32.1 Å². The van der Waals surface area contributed by atoms with E-state index in [-0.39, 0.29) is 0 Å². The van der Waals surface area contributed by atoms with Gasteiger partial charge in [0, 0.05) is 35.4 Å². The summed E-state index contributed by atoms with van der Waals surface area (Å²) in [5.74, 6) is 3.23. The molecule has 2 aliphatic rings. The van der Waals surface area contributed by atoms with Crippen LogP contribution in [0.3, 0.4) is 0 Å². The fourth-order valence-corrected chi connectivity index (χ4v) is 5.09. The van der Waals surface area contributed by atoms with Crippen molar-refractivity contribution < 1.29 is 0 Å². The lowest BCUT2D eigenvalue weighted by Gasteiger charge is -2.30. The minimum absolute atomic E-state index is 0.539. The van der Waals surface area contributed by atoms with E-state index in [0.29, 0.717) is 6.04 Å². The second kappa shape index (κ2) is 5.49. The van der Waals surface area contributed by atoms with E-state index in [1.54, 1.807) is 0 Å². The van der Waals surface area contributed by atoms with Crippen molar-refractivity contribution in [1.29, 1.82) is 0 Å². The standard InChI is InChI=1S/C13H21N3S2/c1-14-7-11-12(9-3-4-9)15-13(18-11)10-8-17-6-5-16(10)2/h9-10,14H,3-8H2,1-2H3. The first-order valence-corrected chi connectivity index (χ1v) is 8.68. The molecule has 1 N–H and O–H groups in total. The summed E-state index contributed by atoms with van der Waals surface area (Å²) in [5.41, 5.74) is 1.40. The Bertz CT molecular complexity index is 414. The lowest BCUT2D eigenvalue weighted by molar-refractivity contribution is 0.274. The topological polar surface area (TPSA) is 28.2 Å². The summed E-state index contributed by atoms with van der Waals surface area (Å²) in [6.45, 7) is 2.17. The van der Waals surface area contributed by atoms with Crippen LogP contribution in [0.25, 0.3) is 0 Å². The van der Waals surface area contributed by atoms with Crippen molar-refractivity contribution in [1.82, 2.24) is 15.2 Å². The van der Waals surface area contributed by atoms with Crippen molar-refractivity contribution in [2.24, 2.45) is 0 Å². The Hall–Kier alpha value is -0.100. The van der Waals surface area contributed by atoms with E-state index in [2.05, 4.69) is 29.0 Å². The van der Waals surface area contributed by atoms with E-state index in [4.69, 9.17) is 4.98 Å². The van der Waals surface area contributed by atoms with Gasteiger partial charge in [0.15, 0.2) is 0 Å². The molecule has 1 aliphatic carbocycles. The molecular weight excluding hydrogens is 262 g/mol. The van der Waals surface area contributed by atoms with Crippen LogP contribution in [0.4, 0.5) is 0 Å². The molecule has 0 aromatic carbocycles. The van der Waals surface area contributed by atoms with Gasteiger partial charge >= 0.3 is 0 Å². The zero-order chi connectivity index (χ0) is 12.5. The highest BCUT2D eigenvalue weighted by atomic mass is 32.2. The molecule has 100 valence electrons. The average molecular weight is 283 g/mol. The second-order valence-electron chi connectivity index (χ2n) is 5.24. The van der Waals surface area contributed by atoms with E-state index >= 15 is 0 Å². The maximum atomic E-state index is 4.99. The fourth-order valence-electron chi connectivity index (χ4n) is 2.43. The van der Waals surface area contributed by atoms with Crippen LogP contribution in [0.15, 0.2) is 0 Å². The Labute approximate surface area is 117 Å². The largest absolute Gasteiger partial charge is 0.315 e. The summed E-state index contributed by atoms with van der Waals surface area (Å²) in [7, 11) is 4.26. The lowest BCUT2D eigenvalue weighted by Crippen LogP contribution is -2.32. The Morgan fingerprint density at radius 3 is 2.94 bits per heavy atom. The number of thioether (sulfide) groups is 1. The van der Waals surface area contributed by atoms with E-state index in [1.807, 2.05) is 18.4 Å². The molecule has 0 bridgehead atoms. The number of hydrogen-bond acceptors (Lipinski definition) is 5. The van der Waals surface area contributed by atoms with E-state index in [1.165, 1.54) is 46.5 Å². The molecule has 18 heavy (non-hydrogen) atoms. The van der Waals surface area contributed by atoms with Gasteiger partial charge in [-0.25, -0.2) is 4.98 Å². The molecule has 2 heterocycles. The van der Waals surface area contributed by atoms with Crippen LogP contribution < -0.4 is 5.32 Å². The first-order chi connectivity index (χ1) is 8.79. The van der Waals surface area contributed by atoms with Crippen LogP contribution in [0, 0.1) is 0 Å². The fraction of sp³-hybridized carbons (Fsp3) is 0.769. The number of nitrogens with zero attached hydrogens (tertiary/aromatic N) is 2. The predicted octanol–water partition coefficient (Wildman–Crippen LogP) is 2.46. The number of hydrogen-bond donors (Lipinski definition) is 1. The van der Waals surface area contributed by atoms with E-state index in [0.717, 1.165) is 12.5 Å². The molecule has 1 atom stereocenters. The number of aromatic nitrogens is 1. The number of nitrogens with one attached hydrogen (secondary N) is 1. The third-order valence-corrected chi connectivity index (χ3v) is 5.92. The Balaban J connectivity index is 1.84. The first-order valence-electron chi connectivity index (χ1n) is 6.71. The Morgan fingerprint density at radius 2 is 2.28 bits per heavy atom. The van der Waals surface area contributed by atoms with Crippen LogP contribution in [-0.2, 0) is 6.54 Å². The minimum Gasteiger partial charge on any atom is -0.315 e. The number of rotatable bonds is 4. The normalized spacial score (nSPS) is 25.6. The summed E-state index contributed by atoms with van der Waals surface area (Å²) in [4.78, 5) is 8.93. The molecule has 0 radical (unpaired) electrons. The molecule has 0 spiro atoms. The third kappa shape index (κ3) is 2.59. The molecule has 1 saturated carbocycles. The lowest BCUT2D eigenvalue weighted by atomic mass is 10.2. The van der Waals surface area contributed by atoms with Gasteiger partial charge in [-0.1, -0.05) is 0 Å². The van der Waals surface area contributed by atoms with Crippen LogP contribution in [0.2, 0.25) is 0 Å². The summed E-state index contributed by atoms with van der Waals surface area (Å²) < 4.78 is 0. The first kappa shape index (κ1) is 12.9. The molecule has 1 aromatic heterocycles. The summed E-state index contributed by atoms with van der Waals surface area (Å²) in [6, 6.07) is 0.539. The highest BCUT2D eigenvalue weighted by Crippen LogP contribution is 2.44. The van der Waals surface area contributed by atoms with Gasteiger partial charge in [0.25, 0.3) is 0 Å². The minimum atomic E-state index is 0.539. The average Bonchev–Trinajstić information content (AvgIpc) is 3.13. The van der Waals surface area contributed by atoms with Crippen molar-refractivity contribution in [3.63, 3.8) is 0 Å².